The van der Waals surface area contributed by atoms with E-state index in [1.54, 1.807) is 23.5 Å². The topological polar surface area (TPSA) is 78.5 Å². The van der Waals surface area contributed by atoms with Crippen molar-refractivity contribution in [3.8, 4) is 0 Å². The molecular formula is C17H22ClN3O3S2. The Kier molecular flexibility index (Phi) is 7.60. The highest BCUT2D eigenvalue weighted by Crippen LogP contribution is 2.22. The van der Waals surface area contributed by atoms with Gasteiger partial charge in [-0.15, -0.1) is 11.3 Å². The van der Waals surface area contributed by atoms with Gasteiger partial charge in [-0.2, -0.15) is 0 Å². The molecule has 0 saturated carbocycles. The van der Waals surface area contributed by atoms with Gasteiger partial charge in [0.05, 0.1) is 11.1 Å². The van der Waals surface area contributed by atoms with Crippen LogP contribution in [0.25, 0.3) is 0 Å². The van der Waals surface area contributed by atoms with E-state index >= 15 is 0 Å². The molecule has 0 spiro atoms. The van der Waals surface area contributed by atoms with Gasteiger partial charge in [-0.1, -0.05) is 29.8 Å². The summed E-state index contributed by atoms with van der Waals surface area (Å²) in [7, 11) is 0.170. The monoisotopic (exact) mass is 415 g/mol. The van der Waals surface area contributed by atoms with Crippen LogP contribution in [0.15, 0.2) is 46.7 Å². The molecule has 9 heteroatoms. The van der Waals surface area contributed by atoms with Gasteiger partial charge in [0.15, 0.2) is 0 Å². The summed E-state index contributed by atoms with van der Waals surface area (Å²) in [4.78, 5) is 15.2. The largest absolute Gasteiger partial charge is 0.354 e. The van der Waals surface area contributed by atoms with Gasteiger partial charge in [-0.3, -0.25) is 4.79 Å². The fourth-order valence-corrected chi connectivity index (χ4v) is 4.83. The second-order valence-electron chi connectivity index (χ2n) is 5.88. The molecule has 0 aliphatic carbocycles. The minimum absolute atomic E-state index is 0.00498. The fourth-order valence-electron chi connectivity index (χ4n) is 2.36. The number of likely N-dealkylation sites (N-methyl/N-ethyl adjacent to an activating group) is 1. The molecule has 142 valence electrons. The summed E-state index contributed by atoms with van der Waals surface area (Å²) >= 11 is 7.55. The van der Waals surface area contributed by atoms with E-state index in [2.05, 4.69) is 10.0 Å². The van der Waals surface area contributed by atoms with Crippen molar-refractivity contribution >= 4 is 38.9 Å². The summed E-state index contributed by atoms with van der Waals surface area (Å²) in [5.74, 6) is -0.213. The fraction of sp³-hybridized carbons (Fsp3) is 0.353. The molecule has 0 aliphatic heterocycles. The van der Waals surface area contributed by atoms with E-state index in [9.17, 15) is 13.2 Å². The van der Waals surface area contributed by atoms with Gasteiger partial charge in [0.2, 0.25) is 15.9 Å². The number of benzene rings is 1. The Labute approximate surface area is 163 Å². The molecule has 0 saturated heterocycles. The van der Waals surface area contributed by atoms with E-state index in [4.69, 9.17) is 11.6 Å². The molecule has 0 aliphatic rings. The first-order chi connectivity index (χ1) is 12.3. The SMILES string of the molecule is CN(C)C(CNC(=O)CCNS(=O)(=O)c1ccccc1Cl)c1cccs1. The van der Waals surface area contributed by atoms with Gasteiger partial charge in [0.25, 0.3) is 0 Å². The molecule has 0 radical (unpaired) electrons. The van der Waals surface area contributed by atoms with Crippen LogP contribution in [0.5, 0.6) is 0 Å². The number of amides is 1. The third kappa shape index (κ3) is 5.78. The highest BCUT2D eigenvalue weighted by atomic mass is 35.5. The second kappa shape index (κ2) is 9.48. The van der Waals surface area contributed by atoms with E-state index in [-0.39, 0.29) is 34.8 Å². The quantitative estimate of drug-likeness (QED) is 0.659. The average Bonchev–Trinajstić information content (AvgIpc) is 3.09. The number of rotatable bonds is 9. The van der Waals surface area contributed by atoms with E-state index in [0.29, 0.717) is 6.54 Å². The van der Waals surface area contributed by atoms with Gasteiger partial charge in [0, 0.05) is 24.4 Å². The molecule has 1 heterocycles. The molecule has 1 amide bonds. The smallest absolute Gasteiger partial charge is 0.242 e. The summed E-state index contributed by atoms with van der Waals surface area (Å²) in [5.41, 5.74) is 0. The Morgan fingerprint density at radius 3 is 2.58 bits per heavy atom. The highest BCUT2D eigenvalue weighted by molar-refractivity contribution is 7.89. The Hall–Kier alpha value is -1.45. The minimum atomic E-state index is -3.74. The summed E-state index contributed by atoms with van der Waals surface area (Å²) in [6.45, 7) is 0.467. The van der Waals surface area contributed by atoms with E-state index < -0.39 is 10.0 Å². The van der Waals surface area contributed by atoms with Crippen molar-refractivity contribution in [2.75, 3.05) is 27.2 Å². The van der Waals surface area contributed by atoms with Crippen molar-refractivity contribution in [2.24, 2.45) is 0 Å². The maximum atomic E-state index is 12.2. The third-order valence-corrected chi connectivity index (χ3v) is 6.69. The lowest BCUT2D eigenvalue weighted by atomic mass is 10.2. The van der Waals surface area contributed by atoms with Crippen molar-refractivity contribution in [1.29, 1.82) is 0 Å². The van der Waals surface area contributed by atoms with Crippen molar-refractivity contribution in [2.45, 2.75) is 17.4 Å². The average molecular weight is 416 g/mol. The maximum absolute atomic E-state index is 12.2. The number of hydrogen-bond acceptors (Lipinski definition) is 5. The van der Waals surface area contributed by atoms with Gasteiger partial charge in [0.1, 0.15) is 4.90 Å². The molecule has 2 N–H and O–H groups in total. The second-order valence-corrected chi connectivity index (χ2v) is 9.00. The Morgan fingerprint density at radius 1 is 1.23 bits per heavy atom. The van der Waals surface area contributed by atoms with Crippen LogP contribution in [0.1, 0.15) is 17.3 Å². The zero-order valence-electron chi connectivity index (χ0n) is 14.6. The van der Waals surface area contributed by atoms with E-state index in [1.165, 1.54) is 12.1 Å². The van der Waals surface area contributed by atoms with Crippen LogP contribution in [-0.2, 0) is 14.8 Å². The number of hydrogen-bond donors (Lipinski definition) is 2. The molecule has 0 fully saturated rings. The number of nitrogens with zero attached hydrogens (tertiary/aromatic N) is 1. The first-order valence-corrected chi connectivity index (χ1v) is 10.8. The molecule has 1 atom stereocenters. The molecule has 6 nitrogen and oxygen atoms in total. The summed E-state index contributed by atoms with van der Waals surface area (Å²) in [5, 5.41) is 5.00. The van der Waals surface area contributed by atoms with Gasteiger partial charge < -0.3 is 10.2 Å². The van der Waals surface area contributed by atoms with Gasteiger partial charge >= 0.3 is 0 Å². The molecule has 2 aromatic rings. The molecule has 1 unspecified atom stereocenters. The third-order valence-electron chi connectivity index (χ3n) is 3.76. The first kappa shape index (κ1) is 20.9. The molecule has 2 rings (SSSR count). The number of carbonyl (C=O) groups is 1. The first-order valence-electron chi connectivity index (χ1n) is 8.02. The van der Waals surface area contributed by atoms with Gasteiger partial charge in [-0.25, -0.2) is 13.1 Å². The summed E-state index contributed by atoms with van der Waals surface area (Å²) in [6, 6.07) is 10.3. The van der Waals surface area contributed by atoms with Crippen LogP contribution in [-0.4, -0.2) is 46.4 Å². The molecule has 0 bridgehead atoms. The lowest BCUT2D eigenvalue weighted by Crippen LogP contribution is -2.36. The molecule has 26 heavy (non-hydrogen) atoms. The van der Waals surface area contributed by atoms with Crippen LogP contribution >= 0.6 is 22.9 Å². The Morgan fingerprint density at radius 2 is 1.96 bits per heavy atom. The van der Waals surface area contributed by atoms with E-state index in [0.717, 1.165) is 4.88 Å². The van der Waals surface area contributed by atoms with Crippen LogP contribution in [0.2, 0.25) is 5.02 Å². The van der Waals surface area contributed by atoms with Crippen LogP contribution < -0.4 is 10.0 Å². The Bertz CT molecular complexity index is 824. The number of halogens is 1. The Balaban J connectivity index is 1.83. The number of thiophene rings is 1. The number of nitrogens with one attached hydrogen (secondary N) is 2. The van der Waals surface area contributed by atoms with Crippen molar-refractivity contribution < 1.29 is 13.2 Å². The predicted octanol–water partition coefficient (Wildman–Crippen LogP) is 2.49. The lowest BCUT2D eigenvalue weighted by Gasteiger charge is -2.23. The zero-order valence-corrected chi connectivity index (χ0v) is 17.0. The lowest BCUT2D eigenvalue weighted by molar-refractivity contribution is -0.121. The minimum Gasteiger partial charge on any atom is -0.354 e. The van der Waals surface area contributed by atoms with E-state index in [1.807, 2.05) is 36.5 Å². The van der Waals surface area contributed by atoms with Crippen LogP contribution in [0, 0.1) is 0 Å². The maximum Gasteiger partial charge on any atom is 0.242 e. The summed E-state index contributed by atoms with van der Waals surface area (Å²) in [6.07, 6.45) is 0.0499. The number of sulfonamides is 1. The molecular weight excluding hydrogens is 394 g/mol. The normalized spacial score (nSPS) is 12.9. The van der Waals surface area contributed by atoms with Crippen LogP contribution in [0.3, 0.4) is 0 Å². The molecule has 1 aromatic heterocycles. The van der Waals surface area contributed by atoms with Crippen molar-refractivity contribution in [3.05, 3.63) is 51.7 Å². The van der Waals surface area contributed by atoms with Crippen molar-refractivity contribution in [3.63, 3.8) is 0 Å². The zero-order chi connectivity index (χ0) is 19.2. The number of carbonyl (C=O) groups excluding carboxylic acids is 1. The summed E-state index contributed by atoms with van der Waals surface area (Å²) < 4.78 is 26.8. The predicted molar refractivity (Wildman–Crippen MR) is 105 cm³/mol. The molecule has 1 aromatic carbocycles. The van der Waals surface area contributed by atoms with Crippen molar-refractivity contribution in [1.82, 2.24) is 14.9 Å². The van der Waals surface area contributed by atoms with Crippen LogP contribution in [0.4, 0.5) is 0 Å². The highest BCUT2D eigenvalue weighted by Gasteiger charge is 2.18. The standard InChI is InChI=1S/C17H22ClN3O3S2/c1-21(2)14(15-7-5-11-25-15)12-19-17(22)9-10-20-26(23,24)16-8-4-3-6-13(16)18/h3-8,11,14,20H,9-10,12H2,1-2H3,(H,19,22). The van der Waals surface area contributed by atoms with Gasteiger partial charge in [-0.05, 0) is 37.7 Å².